The first kappa shape index (κ1) is 17.0. The standard InChI is InChI=1S/C16H25N3O2S/c1-11(2)9-19(13-4-6-18(3)7-5-13)16(21)14-8-12(10-22-14)15(17)20/h8,10-11,13H,4-7,9H2,1-3H3,(H2,17,20). The minimum Gasteiger partial charge on any atom is -0.366 e. The number of hydrogen-bond acceptors (Lipinski definition) is 4. The molecular formula is C16H25N3O2S. The maximum absolute atomic E-state index is 12.9. The number of likely N-dealkylation sites (tertiary alicyclic amines) is 1. The molecule has 0 atom stereocenters. The van der Waals surface area contributed by atoms with Crippen molar-refractivity contribution in [1.29, 1.82) is 0 Å². The minimum absolute atomic E-state index is 0.0285. The topological polar surface area (TPSA) is 66.6 Å². The van der Waals surface area contributed by atoms with E-state index in [0.717, 1.165) is 32.5 Å². The van der Waals surface area contributed by atoms with Gasteiger partial charge in [0.05, 0.1) is 10.4 Å². The van der Waals surface area contributed by atoms with Crippen molar-refractivity contribution in [2.75, 3.05) is 26.7 Å². The Morgan fingerprint density at radius 1 is 1.41 bits per heavy atom. The largest absolute Gasteiger partial charge is 0.366 e. The molecule has 0 bridgehead atoms. The number of hydrogen-bond donors (Lipinski definition) is 1. The van der Waals surface area contributed by atoms with Crippen LogP contribution in [0, 0.1) is 5.92 Å². The molecule has 0 aromatic carbocycles. The summed E-state index contributed by atoms with van der Waals surface area (Å²) in [6.07, 6.45) is 2.01. The molecule has 2 amide bonds. The molecular weight excluding hydrogens is 298 g/mol. The molecule has 22 heavy (non-hydrogen) atoms. The molecule has 1 fully saturated rings. The molecule has 1 aliphatic heterocycles. The average molecular weight is 323 g/mol. The van der Waals surface area contributed by atoms with Crippen LogP contribution in [0.4, 0.5) is 0 Å². The number of carbonyl (C=O) groups is 2. The van der Waals surface area contributed by atoms with E-state index in [1.54, 1.807) is 11.4 Å². The number of nitrogens with zero attached hydrogens (tertiary/aromatic N) is 2. The van der Waals surface area contributed by atoms with Crippen LogP contribution in [0.3, 0.4) is 0 Å². The summed E-state index contributed by atoms with van der Waals surface area (Å²) in [5.74, 6) is -0.0371. The van der Waals surface area contributed by atoms with Crippen molar-refractivity contribution in [3.8, 4) is 0 Å². The lowest BCUT2D eigenvalue weighted by atomic mass is 10.0. The van der Waals surface area contributed by atoms with E-state index in [1.807, 2.05) is 4.90 Å². The van der Waals surface area contributed by atoms with Crippen molar-refractivity contribution in [3.05, 3.63) is 21.9 Å². The van der Waals surface area contributed by atoms with Crippen molar-refractivity contribution < 1.29 is 9.59 Å². The van der Waals surface area contributed by atoms with Crippen LogP contribution >= 0.6 is 11.3 Å². The van der Waals surface area contributed by atoms with Crippen molar-refractivity contribution in [1.82, 2.24) is 9.80 Å². The van der Waals surface area contributed by atoms with E-state index in [4.69, 9.17) is 5.73 Å². The Morgan fingerprint density at radius 3 is 2.55 bits per heavy atom. The van der Waals surface area contributed by atoms with Gasteiger partial charge in [-0.15, -0.1) is 11.3 Å². The molecule has 2 heterocycles. The van der Waals surface area contributed by atoms with Gasteiger partial charge in [0, 0.05) is 18.0 Å². The molecule has 122 valence electrons. The molecule has 1 aromatic heterocycles. The molecule has 5 nitrogen and oxygen atoms in total. The molecule has 6 heteroatoms. The Balaban J connectivity index is 2.16. The zero-order valence-corrected chi connectivity index (χ0v) is 14.4. The predicted molar refractivity (Wildman–Crippen MR) is 89.2 cm³/mol. The summed E-state index contributed by atoms with van der Waals surface area (Å²) < 4.78 is 0. The van der Waals surface area contributed by atoms with E-state index in [0.29, 0.717) is 16.4 Å². The van der Waals surface area contributed by atoms with Crippen LogP contribution in [0.15, 0.2) is 11.4 Å². The summed E-state index contributed by atoms with van der Waals surface area (Å²) >= 11 is 1.30. The highest BCUT2D eigenvalue weighted by Gasteiger charge is 2.29. The first-order chi connectivity index (χ1) is 10.4. The Morgan fingerprint density at radius 2 is 2.05 bits per heavy atom. The number of primary amides is 1. The fourth-order valence-corrected chi connectivity index (χ4v) is 3.67. The number of rotatable bonds is 5. The summed E-state index contributed by atoms with van der Waals surface area (Å²) in [5, 5.41) is 1.66. The number of amides is 2. The molecule has 1 saturated heterocycles. The van der Waals surface area contributed by atoms with Crippen molar-refractivity contribution in [3.63, 3.8) is 0 Å². The average Bonchev–Trinajstić information content (AvgIpc) is 2.95. The molecule has 0 saturated carbocycles. The first-order valence-electron chi connectivity index (χ1n) is 7.76. The zero-order chi connectivity index (χ0) is 16.3. The van der Waals surface area contributed by atoms with Crippen LogP contribution in [0.5, 0.6) is 0 Å². The predicted octanol–water partition coefficient (Wildman–Crippen LogP) is 2.04. The van der Waals surface area contributed by atoms with Gasteiger partial charge in [-0.3, -0.25) is 9.59 Å². The second-order valence-corrected chi connectivity index (χ2v) is 7.36. The summed E-state index contributed by atoms with van der Waals surface area (Å²) in [4.78, 5) is 29.0. The van der Waals surface area contributed by atoms with Crippen LogP contribution in [-0.2, 0) is 0 Å². The highest BCUT2D eigenvalue weighted by Crippen LogP contribution is 2.23. The van der Waals surface area contributed by atoms with Gasteiger partial charge in [-0.25, -0.2) is 0 Å². The number of thiophene rings is 1. The SMILES string of the molecule is CC(C)CN(C(=O)c1cc(C(N)=O)cs1)C1CCN(C)CC1. The fraction of sp³-hybridized carbons (Fsp3) is 0.625. The highest BCUT2D eigenvalue weighted by atomic mass is 32.1. The monoisotopic (exact) mass is 323 g/mol. The van der Waals surface area contributed by atoms with E-state index in [9.17, 15) is 9.59 Å². The van der Waals surface area contributed by atoms with Crippen LogP contribution < -0.4 is 5.73 Å². The second kappa shape index (κ2) is 7.24. The summed E-state index contributed by atoms with van der Waals surface area (Å²) in [6, 6.07) is 1.91. The molecule has 0 spiro atoms. The quantitative estimate of drug-likeness (QED) is 0.902. The summed E-state index contributed by atoms with van der Waals surface area (Å²) in [7, 11) is 2.11. The van der Waals surface area contributed by atoms with Crippen LogP contribution in [0.25, 0.3) is 0 Å². The van der Waals surface area contributed by atoms with Crippen LogP contribution in [-0.4, -0.2) is 54.3 Å². The molecule has 1 aromatic rings. The Hall–Kier alpha value is -1.40. The van der Waals surface area contributed by atoms with Gasteiger partial charge in [0.2, 0.25) is 5.91 Å². The fourth-order valence-electron chi connectivity index (χ4n) is 2.82. The third-order valence-corrected chi connectivity index (χ3v) is 4.96. The van der Waals surface area contributed by atoms with Gasteiger partial charge in [-0.1, -0.05) is 13.8 Å². The van der Waals surface area contributed by atoms with E-state index in [2.05, 4.69) is 25.8 Å². The first-order valence-corrected chi connectivity index (χ1v) is 8.64. The molecule has 2 rings (SSSR count). The van der Waals surface area contributed by atoms with E-state index in [1.165, 1.54) is 11.3 Å². The van der Waals surface area contributed by atoms with Gasteiger partial charge in [-0.2, -0.15) is 0 Å². The van der Waals surface area contributed by atoms with Crippen LogP contribution in [0.2, 0.25) is 0 Å². The maximum Gasteiger partial charge on any atom is 0.264 e. The van der Waals surface area contributed by atoms with Gasteiger partial charge in [-0.05, 0) is 45.0 Å². The van der Waals surface area contributed by atoms with Gasteiger partial charge in [0.25, 0.3) is 5.91 Å². The minimum atomic E-state index is -0.481. The summed E-state index contributed by atoms with van der Waals surface area (Å²) in [6.45, 7) is 7.03. The number of carbonyl (C=O) groups excluding carboxylic acids is 2. The normalized spacial score (nSPS) is 16.9. The van der Waals surface area contributed by atoms with Crippen LogP contribution in [0.1, 0.15) is 46.7 Å². The second-order valence-electron chi connectivity index (χ2n) is 6.45. The molecule has 0 radical (unpaired) electrons. The van der Waals surface area contributed by atoms with Gasteiger partial charge < -0.3 is 15.5 Å². The lowest BCUT2D eigenvalue weighted by Crippen LogP contribution is -2.47. The molecule has 2 N–H and O–H groups in total. The van der Waals surface area contributed by atoms with Gasteiger partial charge >= 0.3 is 0 Å². The zero-order valence-electron chi connectivity index (χ0n) is 13.5. The Labute approximate surface area is 136 Å². The van der Waals surface area contributed by atoms with E-state index < -0.39 is 5.91 Å². The third kappa shape index (κ3) is 4.08. The van der Waals surface area contributed by atoms with Crippen molar-refractivity contribution >= 4 is 23.2 Å². The Kier molecular flexibility index (Phi) is 5.58. The lowest BCUT2D eigenvalue weighted by molar-refractivity contribution is 0.0564. The number of piperidine rings is 1. The molecule has 0 aliphatic carbocycles. The van der Waals surface area contributed by atoms with Gasteiger partial charge in [0.1, 0.15) is 0 Å². The van der Waals surface area contributed by atoms with Crippen molar-refractivity contribution in [2.24, 2.45) is 11.7 Å². The maximum atomic E-state index is 12.9. The highest BCUT2D eigenvalue weighted by molar-refractivity contribution is 7.12. The third-order valence-electron chi connectivity index (χ3n) is 4.05. The number of nitrogens with two attached hydrogens (primary N) is 1. The summed E-state index contributed by atoms with van der Waals surface area (Å²) in [5.41, 5.74) is 5.70. The Bertz CT molecular complexity index is 533. The smallest absolute Gasteiger partial charge is 0.264 e. The molecule has 1 aliphatic rings. The lowest BCUT2D eigenvalue weighted by Gasteiger charge is -2.38. The van der Waals surface area contributed by atoms with E-state index >= 15 is 0 Å². The van der Waals surface area contributed by atoms with E-state index in [-0.39, 0.29) is 11.9 Å². The van der Waals surface area contributed by atoms with Crippen molar-refractivity contribution in [2.45, 2.75) is 32.7 Å². The molecule has 0 unspecified atom stereocenters. The van der Waals surface area contributed by atoms with Gasteiger partial charge in [0.15, 0.2) is 0 Å².